The smallest absolute Gasteiger partial charge is 0.416 e. The van der Waals surface area contributed by atoms with Gasteiger partial charge in [-0.3, -0.25) is 0 Å². The van der Waals surface area contributed by atoms with Gasteiger partial charge in [0, 0.05) is 16.7 Å². The largest absolute Gasteiger partial charge is 0.492 e. The fourth-order valence-electron chi connectivity index (χ4n) is 1.70. The molecule has 0 fully saturated rings. The van der Waals surface area contributed by atoms with Crippen LogP contribution in [0.5, 0.6) is 5.75 Å². The first-order valence-corrected chi connectivity index (χ1v) is 7.04. The second-order valence-electron chi connectivity index (χ2n) is 4.31. The van der Waals surface area contributed by atoms with Crippen molar-refractivity contribution in [2.24, 2.45) is 0 Å². The lowest BCUT2D eigenvalue weighted by Crippen LogP contribution is -2.11. The SMILES string of the molecule is FC(F)(F)c1ccc(OCCNc2cccc(Br)c2)cc1. The zero-order valence-corrected chi connectivity index (χ0v) is 12.5. The molecule has 0 saturated carbocycles. The van der Waals surface area contributed by atoms with Crippen molar-refractivity contribution >= 4 is 21.6 Å². The van der Waals surface area contributed by atoms with Crippen LogP contribution in [-0.2, 0) is 6.18 Å². The minimum Gasteiger partial charge on any atom is -0.492 e. The summed E-state index contributed by atoms with van der Waals surface area (Å²) in [5, 5.41) is 3.16. The molecule has 2 nitrogen and oxygen atoms in total. The topological polar surface area (TPSA) is 21.3 Å². The van der Waals surface area contributed by atoms with Gasteiger partial charge in [0.15, 0.2) is 0 Å². The van der Waals surface area contributed by atoms with Crippen molar-refractivity contribution in [2.75, 3.05) is 18.5 Å². The first-order chi connectivity index (χ1) is 9.95. The van der Waals surface area contributed by atoms with Crippen molar-refractivity contribution in [3.05, 3.63) is 58.6 Å². The lowest BCUT2D eigenvalue weighted by Gasteiger charge is -2.10. The molecule has 2 aromatic carbocycles. The molecule has 0 bridgehead atoms. The second-order valence-corrected chi connectivity index (χ2v) is 5.22. The maximum absolute atomic E-state index is 12.4. The van der Waals surface area contributed by atoms with Crippen LogP contribution >= 0.6 is 15.9 Å². The van der Waals surface area contributed by atoms with Crippen LogP contribution in [0.25, 0.3) is 0 Å². The van der Waals surface area contributed by atoms with E-state index in [-0.39, 0.29) is 0 Å². The van der Waals surface area contributed by atoms with Crippen LogP contribution in [-0.4, -0.2) is 13.2 Å². The summed E-state index contributed by atoms with van der Waals surface area (Å²) in [4.78, 5) is 0. The summed E-state index contributed by atoms with van der Waals surface area (Å²) in [6.45, 7) is 0.912. The number of hydrogen-bond donors (Lipinski definition) is 1. The van der Waals surface area contributed by atoms with Gasteiger partial charge in [-0.05, 0) is 42.5 Å². The lowest BCUT2D eigenvalue weighted by molar-refractivity contribution is -0.137. The second kappa shape index (κ2) is 6.85. The van der Waals surface area contributed by atoms with E-state index < -0.39 is 11.7 Å². The van der Waals surface area contributed by atoms with Crippen molar-refractivity contribution < 1.29 is 17.9 Å². The molecule has 2 aromatic rings. The highest BCUT2D eigenvalue weighted by Gasteiger charge is 2.29. The number of hydrogen-bond acceptors (Lipinski definition) is 2. The fraction of sp³-hybridized carbons (Fsp3) is 0.200. The van der Waals surface area contributed by atoms with Gasteiger partial charge in [0.2, 0.25) is 0 Å². The molecule has 112 valence electrons. The van der Waals surface area contributed by atoms with Crippen LogP contribution in [0.3, 0.4) is 0 Å². The van der Waals surface area contributed by atoms with Crippen LogP contribution in [0.15, 0.2) is 53.0 Å². The van der Waals surface area contributed by atoms with Crippen molar-refractivity contribution in [3.8, 4) is 5.75 Å². The molecule has 21 heavy (non-hydrogen) atoms. The van der Waals surface area contributed by atoms with E-state index in [2.05, 4.69) is 21.2 Å². The Balaban J connectivity index is 1.79. The molecular weight excluding hydrogens is 347 g/mol. The van der Waals surface area contributed by atoms with Gasteiger partial charge in [0.05, 0.1) is 5.56 Å². The number of ether oxygens (including phenoxy) is 1. The number of anilines is 1. The molecule has 1 N–H and O–H groups in total. The van der Waals surface area contributed by atoms with E-state index in [4.69, 9.17) is 4.74 Å². The number of halogens is 4. The van der Waals surface area contributed by atoms with Gasteiger partial charge in [0.1, 0.15) is 12.4 Å². The van der Waals surface area contributed by atoms with E-state index in [1.807, 2.05) is 24.3 Å². The predicted octanol–water partition coefficient (Wildman–Crippen LogP) is 4.96. The van der Waals surface area contributed by atoms with Gasteiger partial charge < -0.3 is 10.1 Å². The molecule has 0 aliphatic carbocycles. The zero-order chi connectivity index (χ0) is 15.3. The maximum atomic E-state index is 12.4. The molecule has 0 saturated heterocycles. The number of nitrogens with one attached hydrogen (secondary N) is 1. The third-order valence-corrected chi connectivity index (χ3v) is 3.20. The average Bonchev–Trinajstić information content (AvgIpc) is 2.43. The molecule has 0 amide bonds. The van der Waals surface area contributed by atoms with E-state index in [0.29, 0.717) is 18.9 Å². The molecular formula is C15H13BrF3NO. The van der Waals surface area contributed by atoms with E-state index in [0.717, 1.165) is 22.3 Å². The number of rotatable bonds is 5. The summed E-state index contributed by atoms with van der Waals surface area (Å²) in [6.07, 6.45) is -4.32. The van der Waals surface area contributed by atoms with Gasteiger partial charge in [-0.15, -0.1) is 0 Å². The average molecular weight is 360 g/mol. The number of alkyl halides is 3. The minimum absolute atomic E-state index is 0.359. The standard InChI is InChI=1S/C15H13BrF3NO/c16-12-2-1-3-13(10-12)20-8-9-21-14-6-4-11(5-7-14)15(17,18)19/h1-7,10,20H,8-9H2. The third kappa shape index (κ3) is 4.97. The predicted molar refractivity (Wildman–Crippen MR) is 79.6 cm³/mol. The minimum atomic E-state index is -4.32. The van der Waals surface area contributed by atoms with Gasteiger partial charge >= 0.3 is 6.18 Å². The van der Waals surface area contributed by atoms with Crippen LogP contribution in [0.2, 0.25) is 0 Å². The fourth-order valence-corrected chi connectivity index (χ4v) is 2.10. The Kier molecular flexibility index (Phi) is 5.12. The first-order valence-electron chi connectivity index (χ1n) is 6.25. The highest BCUT2D eigenvalue weighted by atomic mass is 79.9. The highest BCUT2D eigenvalue weighted by Crippen LogP contribution is 2.30. The molecule has 0 atom stereocenters. The van der Waals surface area contributed by atoms with Crippen LogP contribution in [0, 0.1) is 0 Å². The molecule has 0 radical (unpaired) electrons. The monoisotopic (exact) mass is 359 g/mol. The summed E-state index contributed by atoms with van der Waals surface area (Å²) in [5.74, 6) is 0.416. The normalized spacial score (nSPS) is 11.2. The van der Waals surface area contributed by atoms with Crippen molar-refractivity contribution in [1.82, 2.24) is 0 Å². The summed E-state index contributed by atoms with van der Waals surface area (Å²) in [6, 6.07) is 12.3. The van der Waals surface area contributed by atoms with Gasteiger partial charge in [-0.1, -0.05) is 22.0 Å². The third-order valence-electron chi connectivity index (χ3n) is 2.71. The quantitative estimate of drug-likeness (QED) is 0.761. The molecule has 0 heterocycles. The summed E-state index contributed by atoms with van der Waals surface area (Å²) in [7, 11) is 0. The highest BCUT2D eigenvalue weighted by molar-refractivity contribution is 9.10. The number of benzene rings is 2. The zero-order valence-electron chi connectivity index (χ0n) is 11.0. The van der Waals surface area contributed by atoms with E-state index in [9.17, 15) is 13.2 Å². The van der Waals surface area contributed by atoms with Crippen LogP contribution in [0.1, 0.15) is 5.56 Å². The van der Waals surface area contributed by atoms with Crippen molar-refractivity contribution in [1.29, 1.82) is 0 Å². The van der Waals surface area contributed by atoms with Gasteiger partial charge in [-0.25, -0.2) is 0 Å². The molecule has 0 aliphatic heterocycles. The Morgan fingerprint density at radius 2 is 1.76 bits per heavy atom. The molecule has 0 spiro atoms. The lowest BCUT2D eigenvalue weighted by atomic mass is 10.2. The van der Waals surface area contributed by atoms with Crippen LogP contribution < -0.4 is 10.1 Å². The Morgan fingerprint density at radius 1 is 1.05 bits per heavy atom. The van der Waals surface area contributed by atoms with E-state index in [1.54, 1.807) is 0 Å². The summed E-state index contributed by atoms with van der Waals surface area (Å²) < 4.78 is 43.5. The Labute approximate surface area is 129 Å². The van der Waals surface area contributed by atoms with Crippen LogP contribution in [0.4, 0.5) is 18.9 Å². The Morgan fingerprint density at radius 3 is 2.38 bits per heavy atom. The molecule has 0 unspecified atom stereocenters. The van der Waals surface area contributed by atoms with Crippen molar-refractivity contribution in [3.63, 3.8) is 0 Å². The van der Waals surface area contributed by atoms with Gasteiger partial charge in [0.25, 0.3) is 0 Å². The summed E-state index contributed by atoms with van der Waals surface area (Å²) >= 11 is 3.37. The Bertz CT molecular complexity index is 584. The molecule has 2 rings (SSSR count). The maximum Gasteiger partial charge on any atom is 0.416 e. The van der Waals surface area contributed by atoms with E-state index >= 15 is 0 Å². The first kappa shape index (κ1) is 15.7. The van der Waals surface area contributed by atoms with Crippen molar-refractivity contribution in [2.45, 2.75) is 6.18 Å². The summed E-state index contributed by atoms with van der Waals surface area (Å²) in [5.41, 5.74) is 0.266. The molecule has 0 aromatic heterocycles. The van der Waals surface area contributed by atoms with E-state index in [1.165, 1.54) is 12.1 Å². The van der Waals surface area contributed by atoms with Gasteiger partial charge in [-0.2, -0.15) is 13.2 Å². The molecule has 0 aliphatic rings. The molecule has 6 heteroatoms. The Hall–Kier alpha value is -1.69.